The van der Waals surface area contributed by atoms with Crippen molar-refractivity contribution in [3.63, 3.8) is 0 Å². The lowest BCUT2D eigenvalue weighted by atomic mass is 10.5. The smallest absolute Gasteiger partial charge is 0.251 e. The fraction of sp³-hybridized carbons (Fsp3) is 1.00. The second-order valence-electron chi connectivity index (χ2n) is 2.52. The van der Waals surface area contributed by atoms with Gasteiger partial charge in [0, 0.05) is 0 Å². The summed E-state index contributed by atoms with van der Waals surface area (Å²) >= 11 is 0. The molecule has 0 heterocycles. The van der Waals surface area contributed by atoms with Crippen molar-refractivity contribution in [2.24, 2.45) is 0 Å². The molecule has 0 unspecified atom stereocenters. The van der Waals surface area contributed by atoms with Gasteiger partial charge in [0.05, 0.1) is 12.3 Å². The van der Waals surface area contributed by atoms with Gasteiger partial charge >= 0.3 is 0 Å². The summed E-state index contributed by atoms with van der Waals surface area (Å²) in [6, 6.07) is 0. The molecule has 0 amide bonds. The molecule has 2 N–H and O–H groups in total. The summed E-state index contributed by atoms with van der Waals surface area (Å²) in [5, 5.41) is 2.76. The average Bonchev–Trinajstić information content (AvgIpc) is 2.02. The summed E-state index contributed by atoms with van der Waals surface area (Å²) in [5.74, 6) is -0.124. The third-order valence-corrected chi connectivity index (χ3v) is 2.73. The quantitative estimate of drug-likeness (QED) is 0.578. The molecule has 0 aliphatic carbocycles. The Morgan fingerprint density at radius 3 is 2.46 bits per heavy atom. The van der Waals surface area contributed by atoms with Crippen molar-refractivity contribution in [3.05, 3.63) is 0 Å². The van der Waals surface area contributed by atoms with E-state index in [2.05, 4.69) is 5.32 Å². The van der Waals surface area contributed by atoms with Crippen LogP contribution in [-0.2, 0) is 10.0 Å². The van der Waals surface area contributed by atoms with E-state index in [0.29, 0.717) is 13.0 Å². The number of halogens is 2. The SMILES string of the molecule is CNCCCS(=O)(=O)NCC(F)F. The first kappa shape index (κ1) is 12.7. The minimum absolute atomic E-state index is 0.124. The summed E-state index contributed by atoms with van der Waals surface area (Å²) in [5.41, 5.74) is 0. The molecule has 80 valence electrons. The van der Waals surface area contributed by atoms with Gasteiger partial charge in [-0.3, -0.25) is 0 Å². The summed E-state index contributed by atoms with van der Waals surface area (Å²) in [4.78, 5) is 0. The first-order valence-electron chi connectivity index (χ1n) is 3.88. The number of rotatable bonds is 7. The van der Waals surface area contributed by atoms with Gasteiger partial charge in [0.1, 0.15) is 0 Å². The molecular weight excluding hydrogens is 202 g/mol. The molecule has 0 atom stereocenters. The topological polar surface area (TPSA) is 58.2 Å². The molecular formula is C6H14F2N2O2S. The molecule has 0 rings (SSSR count). The van der Waals surface area contributed by atoms with Gasteiger partial charge in [-0.2, -0.15) is 0 Å². The molecule has 0 bridgehead atoms. The Morgan fingerprint density at radius 2 is 2.00 bits per heavy atom. The highest BCUT2D eigenvalue weighted by atomic mass is 32.2. The molecule has 0 aliphatic heterocycles. The van der Waals surface area contributed by atoms with E-state index < -0.39 is 23.0 Å². The van der Waals surface area contributed by atoms with Gasteiger partial charge in [0.15, 0.2) is 0 Å². The Morgan fingerprint density at radius 1 is 1.38 bits per heavy atom. The molecule has 0 saturated heterocycles. The Labute approximate surface area is 76.8 Å². The van der Waals surface area contributed by atoms with E-state index in [4.69, 9.17) is 0 Å². The highest BCUT2D eigenvalue weighted by Crippen LogP contribution is 1.93. The summed E-state index contributed by atoms with van der Waals surface area (Å²) in [6.45, 7) is -0.253. The van der Waals surface area contributed by atoms with Crippen LogP contribution < -0.4 is 10.0 Å². The van der Waals surface area contributed by atoms with Gasteiger partial charge in [-0.15, -0.1) is 0 Å². The van der Waals surface area contributed by atoms with Crippen LogP contribution in [0.1, 0.15) is 6.42 Å². The number of sulfonamides is 1. The van der Waals surface area contributed by atoms with E-state index in [-0.39, 0.29) is 5.75 Å². The summed E-state index contributed by atoms with van der Waals surface area (Å²) in [7, 11) is -1.83. The highest BCUT2D eigenvalue weighted by molar-refractivity contribution is 7.89. The van der Waals surface area contributed by atoms with Gasteiger partial charge < -0.3 is 5.32 Å². The Kier molecular flexibility index (Phi) is 6.10. The third-order valence-electron chi connectivity index (χ3n) is 1.30. The van der Waals surface area contributed by atoms with E-state index >= 15 is 0 Å². The van der Waals surface area contributed by atoms with Crippen LogP contribution in [0.15, 0.2) is 0 Å². The molecule has 0 aromatic rings. The predicted octanol–water partition coefficient (Wildman–Crippen LogP) is -0.220. The lowest BCUT2D eigenvalue weighted by Crippen LogP contribution is -2.31. The van der Waals surface area contributed by atoms with Crippen molar-refractivity contribution < 1.29 is 17.2 Å². The first-order chi connectivity index (χ1) is 5.98. The van der Waals surface area contributed by atoms with Crippen LogP contribution in [0.5, 0.6) is 0 Å². The van der Waals surface area contributed by atoms with Crippen LogP contribution in [0, 0.1) is 0 Å². The zero-order valence-corrected chi connectivity index (χ0v) is 8.20. The maximum Gasteiger partial charge on any atom is 0.251 e. The van der Waals surface area contributed by atoms with Crippen LogP contribution in [0.4, 0.5) is 8.78 Å². The molecule has 4 nitrogen and oxygen atoms in total. The van der Waals surface area contributed by atoms with Gasteiger partial charge in [-0.05, 0) is 20.0 Å². The fourth-order valence-electron chi connectivity index (χ4n) is 0.701. The second kappa shape index (κ2) is 6.22. The van der Waals surface area contributed by atoms with Gasteiger partial charge in [-0.1, -0.05) is 0 Å². The summed E-state index contributed by atoms with van der Waals surface area (Å²) in [6.07, 6.45) is -2.23. The number of hydrogen-bond acceptors (Lipinski definition) is 3. The van der Waals surface area contributed by atoms with E-state index in [1.165, 1.54) is 0 Å². The van der Waals surface area contributed by atoms with Crippen molar-refractivity contribution in [3.8, 4) is 0 Å². The molecule has 0 aliphatic rings. The first-order valence-corrected chi connectivity index (χ1v) is 5.53. The van der Waals surface area contributed by atoms with Crippen molar-refractivity contribution in [2.45, 2.75) is 12.8 Å². The van der Waals surface area contributed by atoms with Crippen LogP contribution >= 0.6 is 0 Å². The number of hydrogen-bond donors (Lipinski definition) is 2. The molecule has 0 aromatic carbocycles. The summed E-state index contributed by atoms with van der Waals surface area (Å²) < 4.78 is 46.9. The molecule has 0 radical (unpaired) electrons. The van der Waals surface area contributed by atoms with Crippen molar-refractivity contribution >= 4 is 10.0 Å². The molecule has 0 spiro atoms. The Balaban J connectivity index is 3.68. The molecule has 13 heavy (non-hydrogen) atoms. The van der Waals surface area contributed by atoms with E-state index in [1.54, 1.807) is 7.05 Å². The largest absolute Gasteiger partial charge is 0.320 e. The highest BCUT2D eigenvalue weighted by Gasteiger charge is 2.12. The maximum atomic E-state index is 11.6. The zero-order chi connectivity index (χ0) is 10.3. The number of alkyl halides is 2. The van der Waals surface area contributed by atoms with Crippen molar-refractivity contribution in [2.75, 3.05) is 25.9 Å². The number of nitrogens with one attached hydrogen (secondary N) is 2. The average molecular weight is 216 g/mol. The van der Waals surface area contributed by atoms with E-state index in [1.807, 2.05) is 4.72 Å². The van der Waals surface area contributed by atoms with Gasteiger partial charge in [0.2, 0.25) is 10.0 Å². The van der Waals surface area contributed by atoms with Crippen LogP contribution in [-0.4, -0.2) is 40.7 Å². The standard InChI is InChI=1S/C6H14F2N2O2S/c1-9-3-2-4-13(11,12)10-5-6(7)8/h6,9-10H,2-5H2,1H3. The second-order valence-corrected chi connectivity index (χ2v) is 4.44. The van der Waals surface area contributed by atoms with Gasteiger partial charge in [0.25, 0.3) is 6.43 Å². The normalized spacial score (nSPS) is 12.3. The van der Waals surface area contributed by atoms with Gasteiger partial charge in [-0.25, -0.2) is 21.9 Å². The van der Waals surface area contributed by atoms with Crippen LogP contribution in [0.2, 0.25) is 0 Å². The Hall–Kier alpha value is -0.270. The molecule has 0 aromatic heterocycles. The lowest BCUT2D eigenvalue weighted by molar-refractivity contribution is 0.153. The lowest BCUT2D eigenvalue weighted by Gasteiger charge is -2.05. The molecule has 7 heteroatoms. The van der Waals surface area contributed by atoms with Crippen LogP contribution in [0.3, 0.4) is 0 Å². The molecule has 0 fully saturated rings. The monoisotopic (exact) mass is 216 g/mol. The van der Waals surface area contributed by atoms with E-state index in [0.717, 1.165) is 0 Å². The third kappa shape index (κ3) is 8.07. The fourth-order valence-corrected chi connectivity index (χ4v) is 1.75. The minimum Gasteiger partial charge on any atom is -0.320 e. The zero-order valence-electron chi connectivity index (χ0n) is 7.39. The Bertz CT molecular complexity index is 219. The van der Waals surface area contributed by atoms with Crippen LogP contribution in [0.25, 0.3) is 0 Å². The van der Waals surface area contributed by atoms with Crippen molar-refractivity contribution in [1.82, 2.24) is 10.0 Å². The molecule has 0 saturated carbocycles. The van der Waals surface area contributed by atoms with E-state index in [9.17, 15) is 17.2 Å². The predicted molar refractivity (Wildman–Crippen MR) is 46.3 cm³/mol. The minimum atomic E-state index is -3.52. The maximum absolute atomic E-state index is 11.6. The van der Waals surface area contributed by atoms with Crippen molar-refractivity contribution in [1.29, 1.82) is 0 Å².